The fraction of sp³-hybridized carbons (Fsp3) is 1.00. The van der Waals surface area contributed by atoms with Gasteiger partial charge in [-0.3, -0.25) is 0 Å². The Balaban J connectivity index is 1.97. The highest BCUT2D eigenvalue weighted by Gasteiger charge is 2.71. The third-order valence-electron chi connectivity index (χ3n) is 7.37. The van der Waals surface area contributed by atoms with Crippen LogP contribution in [0.4, 0.5) is 0 Å². The van der Waals surface area contributed by atoms with Gasteiger partial charge in [-0.15, -0.1) is 76.5 Å². The van der Waals surface area contributed by atoms with Crippen molar-refractivity contribution in [3.63, 3.8) is 0 Å². The molecule has 3 fully saturated rings. The number of halogens is 5. The SMILES string of the molecule is Br[Si](Br)(C1CCCCC1)[Si](Br)(C1CCCCC1)[Si](Br)(Br)C1CCCCC1. The van der Waals surface area contributed by atoms with Gasteiger partial charge in [-0.25, -0.2) is 0 Å². The Kier molecular flexibility index (Phi) is 9.22. The van der Waals surface area contributed by atoms with Crippen LogP contribution in [0.2, 0.25) is 16.6 Å². The molecule has 0 atom stereocenters. The molecule has 0 saturated heterocycles. The van der Waals surface area contributed by atoms with Crippen molar-refractivity contribution in [3.8, 4) is 0 Å². The van der Waals surface area contributed by atoms with Gasteiger partial charge in [0.15, 0.2) is 5.73 Å². The van der Waals surface area contributed by atoms with Crippen LogP contribution in [0.15, 0.2) is 0 Å². The second kappa shape index (κ2) is 10.1. The molecule has 0 nitrogen and oxygen atoms in total. The van der Waals surface area contributed by atoms with Gasteiger partial charge in [0.1, 0.15) is 0 Å². The number of rotatable bonds is 5. The summed E-state index contributed by atoms with van der Waals surface area (Å²) in [6, 6.07) is 0. The molecule has 0 radical (unpaired) electrons. The van der Waals surface area contributed by atoms with Crippen LogP contribution >= 0.6 is 76.5 Å². The van der Waals surface area contributed by atoms with Crippen LogP contribution in [-0.4, -0.2) is 15.4 Å². The van der Waals surface area contributed by atoms with Crippen LogP contribution in [0.1, 0.15) is 96.3 Å². The first-order valence-corrected chi connectivity index (χ1v) is 30.3. The van der Waals surface area contributed by atoms with E-state index < -0.39 is 15.4 Å². The van der Waals surface area contributed by atoms with E-state index in [1.54, 1.807) is 0 Å². The largest absolute Gasteiger partial charge is 0.206 e. The third-order valence-corrected chi connectivity index (χ3v) is 108. The molecule has 3 aliphatic carbocycles. The highest BCUT2D eigenvalue weighted by Crippen LogP contribution is 2.65. The van der Waals surface area contributed by atoms with Crippen molar-refractivity contribution in [1.82, 2.24) is 0 Å². The van der Waals surface area contributed by atoms with Crippen molar-refractivity contribution in [3.05, 3.63) is 0 Å². The van der Waals surface area contributed by atoms with Crippen molar-refractivity contribution < 1.29 is 0 Å². The smallest absolute Gasteiger partial charge is 0.128 e. The molecule has 0 heterocycles. The third kappa shape index (κ3) is 4.62. The second-order valence-corrected chi connectivity index (χ2v) is 64.6. The van der Waals surface area contributed by atoms with Gasteiger partial charge in [0, 0.05) is 0 Å². The van der Waals surface area contributed by atoms with Crippen molar-refractivity contribution in [1.29, 1.82) is 0 Å². The summed E-state index contributed by atoms with van der Waals surface area (Å²) >= 11 is 22.9. The summed E-state index contributed by atoms with van der Waals surface area (Å²) in [7, 11) is 0. The minimum absolute atomic E-state index is 0.912. The highest BCUT2D eigenvalue weighted by atomic mass is 79.9. The standard InChI is InChI=1S/C18H33Br5Si3/c19-24(20,16-10-4-1-5-11-16)26(23,18-14-8-3-9-15-18)25(21,22)17-12-6-2-7-13-17/h16-18H,1-15H2. The summed E-state index contributed by atoms with van der Waals surface area (Å²) < 4.78 is 0. The molecule has 0 unspecified atom stereocenters. The lowest BCUT2D eigenvalue weighted by Crippen LogP contribution is -2.70. The predicted octanol–water partition coefficient (Wildman–Crippen LogP) is 9.95. The molecule has 0 amide bonds. The lowest BCUT2D eigenvalue weighted by molar-refractivity contribution is 0.490. The average Bonchev–Trinajstić information content (AvgIpc) is 2.69. The van der Waals surface area contributed by atoms with Gasteiger partial charge < -0.3 is 0 Å². The summed E-state index contributed by atoms with van der Waals surface area (Å²) in [6.45, 7) is 0. The van der Waals surface area contributed by atoms with Crippen LogP contribution in [0, 0.1) is 0 Å². The van der Waals surface area contributed by atoms with Crippen molar-refractivity contribution in [2.45, 2.75) is 113 Å². The minimum Gasteiger partial charge on any atom is -0.128 e. The predicted molar refractivity (Wildman–Crippen MR) is 142 cm³/mol. The van der Waals surface area contributed by atoms with E-state index in [1.807, 2.05) is 0 Å². The summed E-state index contributed by atoms with van der Waals surface area (Å²) in [4.78, 5) is -3.43. The molecule has 3 aliphatic rings. The Morgan fingerprint density at radius 2 is 0.654 bits per heavy atom. The lowest BCUT2D eigenvalue weighted by atomic mass is 10.0. The topological polar surface area (TPSA) is 0 Å². The zero-order valence-electron chi connectivity index (χ0n) is 15.7. The first-order chi connectivity index (χ1) is 12.3. The van der Waals surface area contributed by atoms with Gasteiger partial charge in [0.05, 0.1) is 0 Å². The van der Waals surface area contributed by atoms with Crippen molar-refractivity contribution >= 4 is 91.9 Å². The van der Waals surface area contributed by atoms with E-state index in [0.717, 1.165) is 16.6 Å². The van der Waals surface area contributed by atoms with E-state index in [4.69, 9.17) is 15.3 Å². The fourth-order valence-corrected chi connectivity index (χ4v) is 118. The molecule has 26 heavy (non-hydrogen) atoms. The van der Waals surface area contributed by atoms with Crippen molar-refractivity contribution in [2.75, 3.05) is 0 Å². The Labute approximate surface area is 202 Å². The number of hydrogen-bond acceptors (Lipinski definition) is 0. The summed E-state index contributed by atoms with van der Waals surface area (Å²) in [5.74, 6) is 0. The first-order valence-electron chi connectivity index (χ1n) is 10.8. The second-order valence-electron chi connectivity index (χ2n) is 8.96. The van der Waals surface area contributed by atoms with Gasteiger partial charge in [-0.2, -0.15) is 0 Å². The fourth-order valence-electron chi connectivity index (χ4n) is 5.79. The van der Waals surface area contributed by atoms with Crippen LogP contribution < -0.4 is 0 Å². The minimum atomic E-state index is -1.72. The molecule has 0 N–H and O–H groups in total. The van der Waals surface area contributed by atoms with Gasteiger partial charge in [-0.05, 0) is 16.6 Å². The first kappa shape index (κ1) is 23.7. The van der Waals surface area contributed by atoms with Crippen molar-refractivity contribution in [2.24, 2.45) is 0 Å². The summed E-state index contributed by atoms with van der Waals surface area (Å²) in [5.41, 5.74) is 1.04. The van der Waals surface area contributed by atoms with E-state index >= 15 is 0 Å². The Bertz CT molecular complexity index is 426. The van der Waals surface area contributed by atoms with Crippen LogP contribution in [-0.2, 0) is 0 Å². The Hall–Kier alpha value is 3.05. The summed E-state index contributed by atoms with van der Waals surface area (Å²) in [6.07, 6.45) is 21.8. The zero-order chi connectivity index (χ0) is 18.8. The monoisotopic (exact) mass is 728 g/mol. The molecule has 0 aromatic rings. The van der Waals surface area contributed by atoms with Crippen LogP contribution in [0.5, 0.6) is 0 Å². The Morgan fingerprint density at radius 3 is 0.962 bits per heavy atom. The lowest BCUT2D eigenvalue weighted by Gasteiger charge is -2.54. The molecule has 152 valence electrons. The molecule has 0 aliphatic heterocycles. The van der Waals surface area contributed by atoms with Gasteiger partial charge in [0.25, 0.3) is 0 Å². The molecule has 3 saturated carbocycles. The summed E-state index contributed by atoms with van der Waals surface area (Å²) in [5, 5.41) is 0. The zero-order valence-corrected chi connectivity index (χ0v) is 26.7. The van der Waals surface area contributed by atoms with E-state index in [0.29, 0.717) is 0 Å². The molecular formula is C18H33Br5Si3. The molecular weight excluding hydrogens is 700 g/mol. The molecule has 0 bridgehead atoms. The molecule has 0 aromatic heterocycles. The quantitative estimate of drug-likeness (QED) is 0.195. The van der Waals surface area contributed by atoms with E-state index in [2.05, 4.69) is 61.2 Å². The average molecular weight is 733 g/mol. The van der Waals surface area contributed by atoms with Gasteiger partial charge in [-0.1, -0.05) is 96.3 Å². The highest BCUT2D eigenvalue weighted by molar-refractivity contribution is 9.63. The Morgan fingerprint density at radius 1 is 0.385 bits per heavy atom. The molecule has 0 spiro atoms. The van der Waals surface area contributed by atoms with E-state index in [1.165, 1.54) is 96.3 Å². The van der Waals surface area contributed by atoms with Gasteiger partial charge in [0.2, 0.25) is 9.66 Å². The normalized spacial score (nSPS) is 26.2. The van der Waals surface area contributed by atoms with E-state index in [-0.39, 0.29) is 0 Å². The maximum absolute atomic E-state index is 4.74. The molecule has 0 aromatic carbocycles. The van der Waals surface area contributed by atoms with Crippen LogP contribution in [0.3, 0.4) is 0 Å². The van der Waals surface area contributed by atoms with Gasteiger partial charge >= 0.3 is 0 Å². The molecule has 8 heteroatoms. The number of hydrogen-bond donors (Lipinski definition) is 0. The van der Waals surface area contributed by atoms with E-state index in [9.17, 15) is 0 Å². The maximum atomic E-state index is 4.74. The molecule has 3 rings (SSSR count). The maximum Gasteiger partial charge on any atom is 0.206 e. The van der Waals surface area contributed by atoms with Crippen LogP contribution in [0.25, 0.3) is 0 Å².